The number of hydrogen-bond acceptors (Lipinski definition) is 6. The first-order valence-electron chi connectivity index (χ1n) is 8.76. The fourth-order valence-corrected chi connectivity index (χ4v) is 2.45. The molecule has 8 heteroatoms. The monoisotopic (exact) mass is 385 g/mol. The van der Waals surface area contributed by atoms with Crippen molar-refractivity contribution < 1.29 is 23.9 Å². The van der Waals surface area contributed by atoms with Gasteiger partial charge in [0.05, 0.1) is 29.4 Å². The Morgan fingerprint density at radius 3 is 2.25 bits per heavy atom. The molecule has 0 radical (unpaired) electrons. The first-order valence-corrected chi connectivity index (χ1v) is 8.76. The molecule has 0 atom stereocenters. The van der Waals surface area contributed by atoms with E-state index < -0.39 is 24.5 Å². The van der Waals surface area contributed by atoms with Gasteiger partial charge in [-0.2, -0.15) is 5.10 Å². The van der Waals surface area contributed by atoms with Gasteiger partial charge in [-0.15, -0.1) is 0 Å². The average molecular weight is 385 g/mol. The van der Waals surface area contributed by atoms with Gasteiger partial charge in [-0.05, 0) is 39.8 Å². The third-order valence-electron chi connectivity index (χ3n) is 3.82. The third-order valence-corrected chi connectivity index (χ3v) is 3.82. The molecule has 0 fully saturated rings. The molecule has 0 unspecified atom stereocenters. The number of ether oxygens (including phenoxy) is 2. The maximum Gasteiger partial charge on any atom is 0.331 e. The number of amides is 1. The number of aromatic nitrogens is 2. The van der Waals surface area contributed by atoms with E-state index in [9.17, 15) is 14.4 Å². The fraction of sp³-hybridized carbons (Fsp3) is 0.300. The molecule has 0 spiro atoms. The number of carbonyl (C=O) groups is 3. The van der Waals surface area contributed by atoms with E-state index in [4.69, 9.17) is 4.74 Å². The summed E-state index contributed by atoms with van der Waals surface area (Å²) in [4.78, 5) is 34.8. The van der Waals surface area contributed by atoms with E-state index in [1.165, 1.54) is 0 Å². The summed E-state index contributed by atoms with van der Waals surface area (Å²) in [5.41, 5.74) is 3.96. The highest BCUT2D eigenvalue weighted by atomic mass is 16.5. The quantitative estimate of drug-likeness (QED) is 0.580. The lowest BCUT2D eigenvalue weighted by atomic mass is 10.2. The van der Waals surface area contributed by atoms with Crippen LogP contribution in [0.3, 0.4) is 0 Å². The molecule has 28 heavy (non-hydrogen) atoms. The molecule has 0 aliphatic carbocycles. The van der Waals surface area contributed by atoms with Gasteiger partial charge in [-0.1, -0.05) is 17.7 Å². The summed E-state index contributed by atoms with van der Waals surface area (Å²) in [6, 6.07) is 7.84. The predicted molar refractivity (Wildman–Crippen MR) is 103 cm³/mol. The molecule has 0 aliphatic heterocycles. The van der Waals surface area contributed by atoms with E-state index in [-0.39, 0.29) is 6.61 Å². The van der Waals surface area contributed by atoms with E-state index in [0.29, 0.717) is 11.4 Å². The average Bonchev–Trinajstić information content (AvgIpc) is 2.94. The molecule has 0 saturated carbocycles. The van der Waals surface area contributed by atoms with Crippen molar-refractivity contribution in [1.82, 2.24) is 9.78 Å². The van der Waals surface area contributed by atoms with Crippen LogP contribution >= 0.6 is 0 Å². The van der Waals surface area contributed by atoms with Crippen LogP contribution in [0.4, 0.5) is 5.69 Å². The first kappa shape index (κ1) is 20.9. The Labute approximate surface area is 163 Å². The van der Waals surface area contributed by atoms with Crippen LogP contribution in [0.2, 0.25) is 0 Å². The van der Waals surface area contributed by atoms with Crippen LogP contribution in [-0.4, -0.2) is 40.8 Å². The van der Waals surface area contributed by atoms with Gasteiger partial charge in [0, 0.05) is 12.2 Å². The number of benzene rings is 1. The summed E-state index contributed by atoms with van der Waals surface area (Å²) in [6.07, 6.45) is 1.86. The van der Waals surface area contributed by atoms with Crippen molar-refractivity contribution in [1.29, 1.82) is 0 Å². The molecule has 0 bridgehead atoms. The molecular formula is C20H23N3O5. The lowest BCUT2D eigenvalue weighted by Gasteiger charge is -2.07. The standard InChI is InChI=1S/C20H23N3O5/c1-5-27-18(25)10-11-19(26)28-12-17(24)21-20-14(3)22-23(15(20)4)16-8-6-13(2)7-9-16/h6-11H,5,12H2,1-4H3,(H,21,24)/b11-10+. The molecule has 0 aliphatic rings. The van der Waals surface area contributed by atoms with Crippen molar-refractivity contribution in [2.75, 3.05) is 18.5 Å². The number of nitrogens with zero attached hydrogens (tertiary/aromatic N) is 2. The number of anilines is 1. The normalized spacial score (nSPS) is 10.7. The second-order valence-corrected chi connectivity index (χ2v) is 6.03. The van der Waals surface area contributed by atoms with Crippen LogP contribution < -0.4 is 5.32 Å². The molecule has 1 N–H and O–H groups in total. The minimum Gasteiger partial charge on any atom is -0.463 e. The molecule has 1 aromatic carbocycles. The summed E-state index contributed by atoms with van der Waals surface area (Å²) in [7, 11) is 0. The van der Waals surface area contributed by atoms with Gasteiger partial charge < -0.3 is 14.8 Å². The summed E-state index contributed by atoms with van der Waals surface area (Å²) in [5.74, 6) is -1.97. The topological polar surface area (TPSA) is 99.5 Å². The van der Waals surface area contributed by atoms with Gasteiger partial charge in [0.15, 0.2) is 6.61 Å². The van der Waals surface area contributed by atoms with Gasteiger partial charge in [0.25, 0.3) is 5.91 Å². The highest BCUT2D eigenvalue weighted by molar-refractivity contribution is 5.96. The Morgan fingerprint density at radius 2 is 1.64 bits per heavy atom. The molecule has 1 heterocycles. The van der Waals surface area contributed by atoms with E-state index >= 15 is 0 Å². The number of carbonyl (C=O) groups excluding carboxylic acids is 3. The van der Waals surface area contributed by atoms with Crippen molar-refractivity contribution in [3.63, 3.8) is 0 Å². The highest BCUT2D eigenvalue weighted by Gasteiger charge is 2.16. The van der Waals surface area contributed by atoms with Crippen molar-refractivity contribution >= 4 is 23.5 Å². The lowest BCUT2D eigenvalue weighted by Crippen LogP contribution is -2.21. The minimum atomic E-state index is -0.813. The number of esters is 2. The lowest BCUT2D eigenvalue weighted by molar-refractivity contribution is -0.143. The molecule has 1 amide bonds. The van der Waals surface area contributed by atoms with Gasteiger partial charge in [-0.3, -0.25) is 4.79 Å². The molecular weight excluding hydrogens is 362 g/mol. The second kappa shape index (κ2) is 9.50. The van der Waals surface area contributed by atoms with Crippen LogP contribution in [0.15, 0.2) is 36.4 Å². The van der Waals surface area contributed by atoms with Crippen molar-refractivity contribution in [3.05, 3.63) is 53.4 Å². The summed E-state index contributed by atoms with van der Waals surface area (Å²) in [5, 5.41) is 7.16. The van der Waals surface area contributed by atoms with Crippen LogP contribution in [0.25, 0.3) is 5.69 Å². The summed E-state index contributed by atoms with van der Waals surface area (Å²) in [6.45, 7) is 6.99. The van der Waals surface area contributed by atoms with Gasteiger partial charge >= 0.3 is 11.9 Å². The second-order valence-electron chi connectivity index (χ2n) is 6.03. The Hall–Kier alpha value is -3.42. The number of rotatable bonds is 7. The zero-order valence-electron chi connectivity index (χ0n) is 16.3. The SMILES string of the molecule is CCOC(=O)/C=C/C(=O)OCC(=O)Nc1c(C)nn(-c2ccc(C)cc2)c1C. The highest BCUT2D eigenvalue weighted by Crippen LogP contribution is 2.23. The van der Waals surface area contributed by atoms with E-state index in [0.717, 1.165) is 29.1 Å². The number of aryl methyl sites for hydroxylation is 2. The van der Waals surface area contributed by atoms with Crippen LogP contribution in [0.1, 0.15) is 23.9 Å². The van der Waals surface area contributed by atoms with Crippen LogP contribution in [0, 0.1) is 20.8 Å². The molecule has 1 aromatic heterocycles. The Balaban J connectivity index is 1.98. The largest absolute Gasteiger partial charge is 0.463 e. The molecule has 148 valence electrons. The maximum atomic E-state index is 12.1. The number of hydrogen-bond donors (Lipinski definition) is 1. The first-order chi connectivity index (χ1) is 13.3. The van der Waals surface area contributed by atoms with Crippen molar-refractivity contribution in [2.24, 2.45) is 0 Å². The van der Waals surface area contributed by atoms with Crippen LogP contribution in [-0.2, 0) is 23.9 Å². The maximum absolute atomic E-state index is 12.1. The van der Waals surface area contributed by atoms with Gasteiger partial charge in [0.1, 0.15) is 0 Å². The van der Waals surface area contributed by atoms with Crippen molar-refractivity contribution in [3.8, 4) is 5.69 Å². The Kier molecular flexibility index (Phi) is 7.08. The molecule has 2 rings (SSSR count). The zero-order valence-corrected chi connectivity index (χ0v) is 16.3. The van der Waals surface area contributed by atoms with E-state index in [1.54, 1.807) is 18.5 Å². The van der Waals surface area contributed by atoms with Gasteiger partial charge in [0.2, 0.25) is 0 Å². The van der Waals surface area contributed by atoms with E-state index in [1.807, 2.05) is 38.1 Å². The molecule has 0 saturated heterocycles. The summed E-state index contributed by atoms with van der Waals surface area (Å²) < 4.78 is 11.2. The smallest absolute Gasteiger partial charge is 0.331 e. The minimum absolute atomic E-state index is 0.204. The zero-order chi connectivity index (χ0) is 20.7. The Morgan fingerprint density at radius 1 is 1.04 bits per heavy atom. The Bertz CT molecular complexity index is 897. The number of nitrogens with one attached hydrogen (secondary N) is 1. The third kappa shape index (κ3) is 5.54. The van der Waals surface area contributed by atoms with Crippen molar-refractivity contribution in [2.45, 2.75) is 27.7 Å². The van der Waals surface area contributed by atoms with E-state index in [2.05, 4.69) is 15.2 Å². The fourth-order valence-electron chi connectivity index (χ4n) is 2.45. The molecule has 8 nitrogen and oxygen atoms in total. The predicted octanol–water partition coefficient (Wildman–Crippen LogP) is 2.40. The van der Waals surface area contributed by atoms with Gasteiger partial charge in [-0.25, -0.2) is 14.3 Å². The summed E-state index contributed by atoms with van der Waals surface area (Å²) >= 11 is 0. The van der Waals surface area contributed by atoms with Crippen LogP contribution in [0.5, 0.6) is 0 Å². The molecule has 2 aromatic rings.